The molecule has 3 rings (SSSR count). The molecule has 0 aliphatic heterocycles. The quantitative estimate of drug-likeness (QED) is 0.529. The maximum atomic E-state index is 12.7. The molecule has 0 saturated carbocycles. The van der Waals surface area contributed by atoms with Gasteiger partial charge in [0.2, 0.25) is 0 Å². The fraction of sp³-hybridized carbons (Fsp3) is 0.174. The number of hydrogen-bond donors (Lipinski definition) is 1. The van der Waals surface area contributed by atoms with Crippen LogP contribution in [-0.2, 0) is 12.2 Å². The van der Waals surface area contributed by atoms with Gasteiger partial charge in [0.05, 0.1) is 7.11 Å². The Morgan fingerprint density at radius 3 is 2.44 bits per heavy atom. The standard InChI is InChI=1S/C23H23NO2S/c1-3-17-9-7-8-12-21(17)24-23(25)18-13-14-22(26-2)19(15-18)16-27-20-10-5-4-6-11-20/h4-15H,3,16H2,1-2H3,(H,24,25). The van der Waals surface area contributed by atoms with Gasteiger partial charge < -0.3 is 10.1 Å². The summed E-state index contributed by atoms with van der Waals surface area (Å²) in [6.07, 6.45) is 0.873. The molecule has 0 fully saturated rings. The van der Waals surface area contributed by atoms with Crippen molar-refractivity contribution in [2.75, 3.05) is 12.4 Å². The fourth-order valence-corrected chi connectivity index (χ4v) is 3.75. The third-order valence-electron chi connectivity index (χ3n) is 4.33. The first-order valence-corrected chi connectivity index (χ1v) is 9.94. The van der Waals surface area contributed by atoms with Crippen LogP contribution in [0.15, 0.2) is 77.7 Å². The van der Waals surface area contributed by atoms with Gasteiger partial charge in [-0.1, -0.05) is 43.3 Å². The summed E-state index contributed by atoms with van der Waals surface area (Å²) >= 11 is 1.72. The molecular formula is C23H23NO2S. The molecule has 0 aliphatic carbocycles. The number of carbonyl (C=O) groups excluding carboxylic acids is 1. The second-order valence-electron chi connectivity index (χ2n) is 6.09. The van der Waals surface area contributed by atoms with Crippen molar-refractivity contribution in [1.82, 2.24) is 0 Å². The summed E-state index contributed by atoms with van der Waals surface area (Å²) in [5.74, 6) is 1.42. The van der Waals surface area contributed by atoms with Crippen LogP contribution in [-0.4, -0.2) is 13.0 Å². The lowest BCUT2D eigenvalue weighted by Gasteiger charge is -2.13. The minimum atomic E-state index is -0.107. The van der Waals surface area contributed by atoms with Crippen LogP contribution in [0, 0.1) is 0 Å². The molecule has 138 valence electrons. The molecule has 0 unspecified atom stereocenters. The first kappa shape index (κ1) is 19.1. The predicted molar refractivity (Wildman–Crippen MR) is 113 cm³/mol. The molecule has 27 heavy (non-hydrogen) atoms. The molecule has 1 amide bonds. The highest BCUT2D eigenvalue weighted by molar-refractivity contribution is 7.98. The topological polar surface area (TPSA) is 38.3 Å². The third-order valence-corrected chi connectivity index (χ3v) is 5.39. The number of rotatable bonds is 7. The first-order valence-electron chi connectivity index (χ1n) is 8.95. The second kappa shape index (κ2) is 9.28. The van der Waals surface area contributed by atoms with Gasteiger partial charge in [-0.05, 0) is 48.4 Å². The number of aryl methyl sites for hydroxylation is 1. The molecule has 0 aliphatic rings. The predicted octanol–water partition coefficient (Wildman–Crippen LogP) is 5.80. The summed E-state index contributed by atoms with van der Waals surface area (Å²) in [5, 5.41) is 3.03. The normalized spacial score (nSPS) is 10.4. The van der Waals surface area contributed by atoms with E-state index in [2.05, 4.69) is 24.4 Å². The summed E-state index contributed by atoms with van der Waals surface area (Å²) in [7, 11) is 1.66. The zero-order chi connectivity index (χ0) is 19.1. The van der Waals surface area contributed by atoms with Gasteiger partial charge in [-0.25, -0.2) is 0 Å². The molecule has 0 heterocycles. The number of carbonyl (C=O) groups is 1. The van der Waals surface area contributed by atoms with Crippen LogP contribution in [0.4, 0.5) is 5.69 Å². The van der Waals surface area contributed by atoms with Crippen molar-refractivity contribution in [3.05, 3.63) is 89.5 Å². The number of amides is 1. The molecule has 0 aromatic heterocycles. The Hall–Kier alpha value is -2.72. The highest BCUT2D eigenvalue weighted by atomic mass is 32.2. The van der Waals surface area contributed by atoms with Crippen LogP contribution in [0.1, 0.15) is 28.4 Å². The summed E-state index contributed by atoms with van der Waals surface area (Å²) in [5.41, 5.74) is 3.62. The Balaban J connectivity index is 1.78. The molecule has 1 N–H and O–H groups in total. The maximum Gasteiger partial charge on any atom is 0.255 e. The number of methoxy groups -OCH3 is 1. The summed E-state index contributed by atoms with van der Waals surface area (Å²) in [6, 6.07) is 23.7. The van der Waals surface area contributed by atoms with E-state index in [1.165, 1.54) is 4.90 Å². The zero-order valence-electron chi connectivity index (χ0n) is 15.6. The Labute approximate surface area is 164 Å². The molecule has 3 aromatic carbocycles. The molecule has 4 heteroatoms. The summed E-state index contributed by atoms with van der Waals surface area (Å²) in [4.78, 5) is 13.9. The molecule has 0 bridgehead atoms. The van der Waals surface area contributed by atoms with Crippen LogP contribution in [0.5, 0.6) is 5.75 Å². The fourth-order valence-electron chi connectivity index (χ4n) is 2.86. The summed E-state index contributed by atoms with van der Waals surface area (Å²) in [6.45, 7) is 2.08. The molecule has 0 spiro atoms. The highest BCUT2D eigenvalue weighted by Crippen LogP contribution is 2.29. The van der Waals surface area contributed by atoms with Gasteiger partial charge in [0.15, 0.2) is 0 Å². The van der Waals surface area contributed by atoms with Crippen molar-refractivity contribution in [2.45, 2.75) is 24.0 Å². The lowest BCUT2D eigenvalue weighted by molar-refractivity contribution is 0.102. The van der Waals surface area contributed by atoms with Crippen LogP contribution < -0.4 is 10.1 Å². The minimum Gasteiger partial charge on any atom is -0.496 e. The largest absolute Gasteiger partial charge is 0.496 e. The van der Waals surface area contributed by atoms with Crippen molar-refractivity contribution in [2.24, 2.45) is 0 Å². The van der Waals surface area contributed by atoms with E-state index >= 15 is 0 Å². The van der Waals surface area contributed by atoms with Crippen molar-refractivity contribution in [3.8, 4) is 5.75 Å². The van der Waals surface area contributed by atoms with Crippen LogP contribution in [0.2, 0.25) is 0 Å². The van der Waals surface area contributed by atoms with E-state index in [0.29, 0.717) is 5.56 Å². The first-order chi connectivity index (χ1) is 13.2. The van der Waals surface area contributed by atoms with Gasteiger partial charge in [-0.15, -0.1) is 11.8 Å². The summed E-state index contributed by atoms with van der Waals surface area (Å²) < 4.78 is 5.48. The number of anilines is 1. The number of thioether (sulfide) groups is 1. The van der Waals surface area contributed by atoms with Crippen LogP contribution in [0.3, 0.4) is 0 Å². The number of para-hydroxylation sites is 1. The van der Waals surface area contributed by atoms with Crippen LogP contribution in [0.25, 0.3) is 0 Å². The SMILES string of the molecule is CCc1ccccc1NC(=O)c1ccc(OC)c(CSc2ccccc2)c1. The van der Waals surface area contributed by atoms with Crippen molar-refractivity contribution < 1.29 is 9.53 Å². The van der Waals surface area contributed by atoms with Gasteiger partial charge in [0.1, 0.15) is 5.75 Å². The van der Waals surface area contributed by atoms with Crippen LogP contribution >= 0.6 is 11.8 Å². The van der Waals surface area contributed by atoms with E-state index in [9.17, 15) is 4.79 Å². The Morgan fingerprint density at radius 1 is 0.963 bits per heavy atom. The number of hydrogen-bond acceptors (Lipinski definition) is 3. The molecule has 0 atom stereocenters. The van der Waals surface area contributed by atoms with Crippen molar-refractivity contribution in [1.29, 1.82) is 0 Å². The number of nitrogens with one attached hydrogen (secondary N) is 1. The lowest BCUT2D eigenvalue weighted by Crippen LogP contribution is -2.13. The van der Waals surface area contributed by atoms with E-state index < -0.39 is 0 Å². The molecule has 3 aromatic rings. The number of benzene rings is 3. The zero-order valence-corrected chi connectivity index (χ0v) is 16.4. The molecule has 3 nitrogen and oxygen atoms in total. The van der Waals surface area contributed by atoms with Gasteiger partial charge in [-0.2, -0.15) is 0 Å². The van der Waals surface area contributed by atoms with E-state index in [1.54, 1.807) is 24.9 Å². The Morgan fingerprint density at radius 2 is 1.70 bits per heavy atom. The van der Waals surface area contributed by atoms with E-state index in [4.69, 9.17) is 4.74 Å². The van der Waals surface area contributed by atoms with Gasteiger partial charge in [-0.3, -0.25) is 4.79 Å². The van der Waals surface area contributed by atoms with E-state index in [0.717, 1.165) is 34.7 Å². The van der Waals surface area contributed by atoms with Crippen molar-refractivity contribution in [3.63, 3.8) is 0 Å². The second-order valence-corrected chi connectivity index (χ2v) is 7.14. The van der Waals surface area contributed by atoms with Gasteiger partial charge in [0.25, 0.3) is 5.91 Å². The monoisotopic (exact) mass is 377 g/mol. The average Bonchev–Trinajstić information content (AvgIpc) is 2.73. The molecular weight excluding hydrogens is 354 g/mol. The van der Waals surface area contributed by atoms with Gasteiger partial charge in [0, 0.05) is 27.5 Å². The average molecular weight is 378 g/mol. The van der Waals surface area contributed by atoms with Crippen molar-refractivity contribution >= 4 is 23.4 Å². The number of ether oxygens (including phenoxy) is 1. The molecule has 0 radical (unpaired) electrons. The highest BCUT2D eigenvalue weighted by Gasteiger charge is 2.12. The van der Waals surface area contributed by atoms with E-state index in [-0.39, 0.29) is 5.91 Å². The Kier molecular flexibility index (Phi) is 6.55. The molecule has 0 saturated heterocycles. The third kappa shape index (κ3) is 4.92. The van der Waals surface area contributed by atoms with Gasteiger partial charge >= 0.3 is 0 Å². The van der Waals surface area contributed by atoms with E-state index in [1.807, 2.05) is 54.6 Å². The minimum absolute atomic E-state index is 0.107. The smallest absolute Gasteiger partial charge is 0.255 e. The maximum absolute atomic E-state index is 12.7. The lowest BCUT2D eigenvalue weighted by atomic mass is 10.1. The Bertz CT molecular complexity index is 909.